The van der Waals surface area contributed by atoms with Crippen LogP contribution in [0.3, 0.4) is 0 Å². The minimum atomic E-state index is -1.03. The summed E-state index contributed by atoms with van der Waals surface area (Å²) in [6.45, 7) is 0.112. The van der Waals surface area contributed by atoms with Gasteiger partial charge in [-0.25, -0.2) is 4.79 Å². The zero-order valence-electron chi connectivity index (χ0n) is 11.8. The number of rotatable bonds is 6. The monoisotopic (exact) mass is 417 g/mol. The van der Waals surface area contributed by atoms with Crippen LogP contribution < -0.4 is 5.32 Å². The summed E-state index contributed by atoms with van der Waals surface area (Å²) in [6.07, 6.45) is -0.940. The van der Waals surface area contributed by atoms with Gasteiger partial charge in [-0.05, 0) is 27.6 Å². The molecule has 2 rings (SSSR count). The number of carboxylic acid groups (broad SMARTS) is 1. The highest BCUT2D eigenvalue weighted by atomic mass is 79.9. The molecule has 0 unspecified atom stereocenters. The summed E-state index contributed by atoms with van der Waals surface area (Å²) < 4.78 is 6.27. The predicted molar refractivity (Wildman–Crippen MR) is 91.8 cm³/mol. The SMILES string of the molecule is O=C(O)C[C@H](NC(=O)OCc1ccccc1)c1cc(Br)c(Cl)s1. The molecule has 122 valence electrons. The lowest BCUT2D eigenvalue weighted by Gasteiger charge is -2.15. The molecule has 0 aliphatic heterocycles. The van der Waals surface area contributed by atoms with Crippen LogP contribution in [-0.2, 0) is 16.1 Å². The summed E-state index contributed by atoms with van der Waals surface area (Å²) in [5, 5.41) is 11.6. The molecular weight excluding hydrogens is 406 g/mol. The Morgan fingerprint density at radius 3 is 2.61 bits per heavy atom. The minimum Gasteiger partial charge on any atom is -0.481 e. The lowest BCUT2D eigenvalue weighted by molar-refractivity contribution is -0.137. The highest BCUT2D eigenvalue weighted by molar-refractivity contribution is 9.10. The van der Waals surface area contributed by atoms with Crippen LogP contribution in [0.15, 0.2) is 40.9 Å². The van der Waals surface area contributed by atoms with Gasteiger partial charge in [0.15, 0.2) is 0 Å². The molecule has 1 heterocycles. The lowest BCUT2D eigenvalue weighted by Crippen LogP contribution is -2.30. The van der Waals surface area contributed by atoms with Gasteiger partial charge < -0.3 is 15.2 Å². The molecule has 2 aromatic rings. The third-order valence-corrected chi connectivity index (χ3v) is 5.48. The standard InChI is InChI=1S/C15H13BrClNO4S/c16-10-6-12(23-14(10)17)11(7-13(19)20)18-15(21)22-8-9-4-2-1-3-5-9/h1-6,11H,7-8H2,(H,18,21)(H,19,20)/t11-/m0/s1. The van der Waals surface area contributed by atoms with Crippen LogP contribution in [0.1, 0.15) is 22.9 Å². The van der Waals surface area contributed by atoms with E-state index in [0.717, 1.165) is 5.56 Å². The number of alkyl carbamates (subject to hydrolysis) is 1. The number of hydrogen-bond acceptors (Lipinski definition) is 4. The number of carbonyl (C=O) groups excluding carboxylic acids is 1. The van der Waals surface area contributed by atoms with Crippen LogP contribution >= 0.6 is 38.9 Å². The van der Waals surface area contributed by atoms with E-state index in [1.165, 1.54) is 11.3 Å². The number of ether oxygens (including phenoxy) is 1. The number of amides is 1. The number of thiophene rings is 1. The van der Waals surface area contributed by atoms with Crippen LogP contribution in [0.2, 0.25) is 4.34 Å². The Hall–Kier alpha value is -1.57. The van der Waals surface area contributed by atoms with Crippen molar-refractivity contribution in [2.75, 3.05) is 0 Å². The van der Waals surface area contributed by atoms with Gasteiger partial charge in [0.1, 0.15) is 10.9 Å². The highest BCUT2D eigenvalue weighted by Crippen LogP contribution is 2.36. The molecule has 0 fully saturated rings. The largest absolute Gasteiger partial charge is 0.481 e. The summed E-state index contributed by atoms with van der Waals surface area (Å²) in [7, 11) is 0. The summed E-state index contributed by atoms with van der Waals surface area (Å²) in [5.41, 5.74) is 0.847. The molecule has 23 heavy (non-hydrogen) atoms. The fourth-order valence-corrected chi connectivity index (χ4v) is 3.63. The highest BCUT2D eigenvalue weighted by Gasteiger charge is 2.22. The lowest BCUT2D eigenvalue weighted by atomic mass is 10.2. The molecule has 8 heteroatoms. The maximum absolute atomic E-state index is 11.9. The normalized spacial score (nSPS) is 11.7. The first-order valence-corrected chi connectivity index (χ1v) is 8.58. The van der Waals surface area contributed by atoms with Crippen LogP contribution in [-0.4, -0.2) is 17.2 Å². The quantitative estimate of drug-likeness (QED) is 0.718. The molecule has 1 atom stereocenters. The van der Waals surface area contributed by atoms with E-state index in [1.54, 1.807) is 6.07 Å². The van der Waals surface area contributed by atoms with E-state index in [-0.39, 0.29) is 13.0 Å². The third-order valence-electron chi connectivity index (χ3n) is 2.89. The molecular formula is C15H13BrClNO4S. The third kappa shape index (κ3) is 5.53. The summed E-state index contributed by atoms with van der Waals surface area (Å²) in [4.78, 5) is 23.6. The smallest absolute Gasteiger partial charge is 0.407 e. The van der Waals surface area contributed by atoms with Crippen molar-refractivity contribution in [3.05, 3.63) is 55.6 Å². The Kier molecular flexibility index (Phi) is 6.44. The van der Waals surface area contributed by atoms with E-state index < -0.39 is 18.1 Å². The van der Waals surface area contributed by atoms with Gasteiger partial charge in [-0.2, -0.15) is 0 Å². The van der Waals surface area contributed by atoms with Gasteiger partial charge in [-0.3, -0.25) is 4.79 Å². The molecule has 1 amide bonds. The van der Waals surface area contributed by atoms with Gasteiger partial charge in [0.05, 0.1) is 12.5 Å². The molecule has 0 saturated heterocycles. The average molecular weight is 419 g/mol. The van der Waals surface area contributed by atoms with Crippen molar-refractivity contribution in [3.63, 3.8) is 0 Å². The number of benzene rings is 1. The number of carboxylic acids is 1. The first-order chi connectivity index (χ1) is 11.0. The maximum Gasteiger partial charge on any atom is 0.407 e. The topological polar surface area (TPSA) is 75.6 Å². The second-order valence-electron chi connectivity index (χ2n) is 4.63. The van der Waals surface area contributed by atoms with E-state index in [4.69, 9.17) is 21.4 Å². The van der Waals surface area contributed by atoms with Crippen LogP contribution in [0.25, 0.3) is 0 Å². The second-order valence-corrected chi connectivity index (χ2v) is 7.17. The van der Waals surface area contributed by atoms with Crippen LogP contribution in [0.4, 0.5) is 4.79 Å². The van der Waals surface area contributed by atoms with Crippen LogP contribution in [0, 0.1) is 0 Å². The minimum absolute atomic E-state index is 0.112. The molecule has 0 radical (unpaired) electrons. The van der Waals surface area contributed by atoms with Gasteiger partial charge in [0.2, 0.25) is 0 Å². The van der Waals surface area contributed by atoms with Crippen LogP contribution in [0.5, 0.6) is 0 Å². The molecule has 0 bridgehead atoms. The Morgan fingerprint density at radius 2 is 2.04 bits per heavy atom. The molecule has 0 aliphatic carbocycles. The van der Waals surface area contributed by atoms with Crippen molar-refractivity contribution in [1.29, 1.82) is 0 Å². The van der Waals surface area contributed by atoms with E-state index in [0.29, 0.717) is 13.7 Å². The Morgan fingerprint density at radius 1 is 1.35 bits per heavy atom. The number of aliphatic carboxylic acids is 1. The molecule has 1 aromatic carbocycles. The Labute approximate surface area is 150 Å². The Balaban J connectivity index is 1.99. The number of nitrogens with one attached hydrogen (secondary N) is 1. The van der Waals surface area contributed by atoms with Gasteiger partial charge in [-0.15, -0.1) is 11.3 Å². The zero-order chi connectivity index (χ0) is 16.8. The van der Waals surface area contributed by atoms with Crippen molar-refractivity contribution in [1.82, 2.24) is 5.32 Å². The van der Waals surface area contributed by atoms with Crippen molar-refractivity contribution in [3.8, 4) is 0 Å². The maximum atomic E-state index is 11.9. The van der Waals surface area contributed by atoms with Crippen molar-refractivity contribution in [2.24, 2.45) is 0 Å². The number of halogens is 2. The molecule has 5 nitrogen and oxygen atoms in total. The van der Waals surface area contributed by atoms with Crippen molar-refractivity contribution in [2.45, 2.75) is 19.1 Å². The molecule has 0 spiro atoms. The number of carbonyl (C=O) groups is 2. The molecule has 2 N–H and O–H groups in total. The first kappa shape index (κ1) is 17.8. The summed E-state index contributed by atoms with van der Waals surface area (Å²) >= 11 is 10.4. The van der Waals surface area contributed by atoms with Gasteiger partial charge in [-0.1, -0.05) is 41.9 Å². The molecule has 0 saturated carbocycles. The Bertz CT molecular complexity index is 673. The fraction of sp³-hybridized carbons (Fsp3) is 0.200. The average Bonchev–Trinajstić information content (AvgIpc) is 2.85. The van der Waals surface area contributed by atoms with E-state index in [9.17, 15) is 9.59 Å². The molecule has 0 aliphatic rings. The molecule has 1 aromatic heterocycles. The first-order valence-electron chi connectivity index (χ1n) is 6.59. The van der Waals surface area contributed by atoms with E-state index >= 15 is 0 Å². The van der Waals surface area contributed by atoms with Gasteiger partial charge in [0.25, 0.3) is 0 Å². The van der Waals surface area contributed by atoms with E-state index in [1.807, 2.05) is 30.3 Å². The summed E-state index contributed by atoms with van der Waals surface area (Å²) in [6, 6.07) is 10.2. The number of hydrogen-bond donors (Lipinski definition) is 2. The van der Waals surface area contributed by atoms with Crippen molar-refractivity contribution >= 4 is 50.9 Å². The fourth-order valence-electron chi connectivity index (χ4n) is 1.84. The summed E-state index contributed by atoms with van der Waals surface area (Å²) in [5.74, 6) is -1.03. The predicted octanol–water partition coefficient (Wildman–Crippen LogP) is 4.61. The zero-order valence-corrected chi connectivity index (χ0v) is 15.0. The van der Waals surface area contributed by atoms with Gasteiger partial charge >= 0.3 is 12.1 Å². The van der Waals surface area contributed by atoms with Gasteiger partial charge in [0, 0.05) is 9.35 Å². The second kappa shape index (κ2) is 8.33. The van der Waals surface area contributed by atoms with Crippen molar-refractivity contribution < 1.29 is 19.4 Å². The van der Waals surface area contributed by atoms with E-state index in [2.05, 4.69) is 21.2 Å².